The fraction of sp³-hybridized carbons (Fsp3) is 0.346. The third kappa shape index (κ3) is 7.13. The molecule has 0 unspecified atom stereocenters. The third-order valence-electron chi connectivity index (χ3n) is 5.20. The molecule has 0 aliphatic rings. The fourth-order valence-corrected chi connectivity index (χ4v) is 3.60. The lowest BCUT2D eigenvalue weighted by Gasteiger charge is -2.10. The van der Waals surface area contributed by atoms with Gasteiger partial charge in [0.1, 0.15) is 12.1 Å². The molecule has 0 aliphatic carbocycles. The largest absolute Gasteiger partial charge is 0.494 e. The number of ether oxygens (including phenoxy) is 3. The summed E-state index contributed by atoms with van der Waals surface area (Å²) in [6.07, 6.45) is 5.42. The van der Waals surface area contributed by atoms with Gasteiger partial charge < -0.3 is 24.9 Å². The Morgan fingerprint density at radius 3 is 2.57 bits per heavy atom. The van der Waals surface area contributed by atoms with Gasteiger partial charge in [-0.05, 0) is 50.1 Å². The van der Waals surface area contributed by atoms with E-state index < -0.39 is 5.82 Å². The van der Waals surface area contributed by atoms with E-state index in [2.05, 4.69) is 19.7 Å². The molecule has 0 radical (unpaired) electrons. The van der Waals surface area contributed by atoms with Crippen LogP contribution in [0.2, 0.25) is 0 Å². The van der Waals surface area contributed by atoms with E-state index in [0.29, 0.717) is 35.1 Å². The Balaban J connectivity index is 0.00000108. The summed E-state index contributed by atoms with van der Waals surface area (Å²) in [5.41, 5.74) is 7.38. The maximum absolute atomic E-state index is 14.9. The zero-order valence-electron chi connectivity index (χ0n) is 20.3. The van der Waals surface area contributed by atoms with Crippen molar-refractivity contribution in [3.05, 3.63) is 54.2 Å². The number of nitrogens with zero attached hydrogens (tertiary/aromatic N) is 2. The van der Waals surface area contributed by atoms with Crippen LogP contribution in [0.5, 0.6) is 17.4 Å². The molecule has 0 fully saturated rings. The van der Waals surface area contributed by atoms with Crippen LogP contribution in [-0.4, -0.2) is 41.7 Å². The highest BCUT2D eigenvalue weighted by atomic mass is 19.1. The van der Waals surface area contributed by atoms with E-state index in [1.54, 1.807) is 32.4 Å². The average molecular weight is 483 g/mol. The minimum Gasteiger partial charge on any atom is -0.494 e. The van der Waals surface area contributed by atoms with Crippen molar-refractivity contribution in [1.82, 2.24) is 15.0 Å². The summed E-state index contributed by atoms with van der Waals surface area (Å²) < 4.78 is 30.8. The molecule has 2 heterocycles. The molecule has 0 atom stereocenters. The highest BCUT2D eigenvalue weighted by Gasteiger charge is 2.14. The summed E-state index contributed by atoms with van der Waals surface area (Å²) in [7, 11) is 3.25. The Bertz CT molecular complexity index is 1280. The predicted molar refractivity (Wildman–Crippen MR) is 133 cm³/mol. The smallest absolute Gasteiger partial charge is 0.230 e. The summed E-state index contributed by atoms with van der Waals surface area (Å²) >= 11 is 0. The highest BCUT2D eigenvalue weighted by molar-refractivity contribution is 5.86. The number of rotatable bonds is 10. The first-order valence-corrected chi connectivity index (χ1v) is 11.4. The first-order chi connectivity index (χ1) is 16.9. The number of carbonyl (C=O) groups is 1. The zero-order chi connectivity index (χ0) is 25.2. The van der Waals surface area contributed by atoms with Crippen LogP contribution in [-0.2, 0) is 9.53 Å². The van der Waals surface area contributed by atoms with Gasteiger partial charge in [0, 0.05) is 43.3 Å². The van der Waals surface area contributed by atoms with Crippen LogP contribution in [0.25, 0.3) is 21.8 Å². The summed E-state index contributed by atoms with van der Waals surface area (Å²) in [6, 6.07) is 10.6. The lowest BCUT2D eigenvalue weighted by molar-refractivity contribution is -0.118. The molecule has 0 saturated heterocycles. The second kappa shape index (κ2) is 12.7. The Kier molecular flexibility index (Phi) is 9.37. The number of benzene rings is 2. The standard InChI is InChI=1S/C24H25FN4O3.C2H6O/c1-15-12-18-19(29-15)9-10-21(23(18)25)32-24-17-8-7-16(13-20(17)27-14-28-24)31-11-5-3-2-4-6-22(26)30;1-3-2/h7-10,12-14,29H,2-6,11H2,1H3,(H2,26,30);1-2H3. The lowest BCUT2D eigenvalue weighted by atomic mass is 10.1. The number of hydrogen-bond donors (Lipinski definition) is 2. The molecule has 4 rings (SSSR count). The molecule has 0 spiro atoms. The van der Waals surface area contributed by atoms with Crippen LogP contribution in [0.4, 0.5) is 4.39 Å². The van der Waals surface area contributed by atoms with Gasteiger partial charge in [0.05, 0.1) is 17.5 Å². The van der Waals surface area contributed by atoms with E-state index in [4.69, 9.17) is 15.2 Å². The number of nitrogens with one attached hydrogen (secondary N) is 1. The van der Waals surface area contributed by atoms with Gasteiger partial charge in [0.25, 0.3) is 0 Å². The van der Waals surface area contributed by atoms with Gasteiger partial charge in [-0.1, -0.05) is 12.8 Å². The normalized spacial score (nSPS) is 10.7. The van der Waals surface area contributed by atoms with Gasteiger partial charge in [-0.15, -0.1) is 0 Å². The van der Waals surface area contributed by atoms with Crippen molar-refractivity contribution in [2.75, 3.05) is 20.8 Å². The zero-order valence-corrected chi connectivity index (χ0v) is 20.3. The summed E-state index contributed by atoms with van der Waals surface area (Å²) in [5, 5.41) is 1.14. The van der Waals surface area contributed by atoms with Crippen molar-refractivity contribution in [3.8, 4) is 17.4 Å². The highest BCUT2D eigenvalue weighted by Crippen LogP contribution is 2.33. The first kappa shape index (κ1) is 25.9. The van der Waals surface area contributed by atoms with Gasteiger partial charge in [-0.2, -0.15) is 0 Å². The average Bonchev–Trinajstić information content (AvgIpc) is 3.22. The second-order valence-corrected chi connectivity index (χ2v) is 8.14. The number of primary amides is 1. The molecule has 1 amide bonds. The van der Waals surface area contributed by atoms with E-state index in [0.717, 1.165) is 36.9 Å². The van der Waals surface area contributed by atoms with Crippen LogP contribution in [0, 0.1) is 12.7 Å². The number of aromatic nitrogens is 3. The molecule has 0 aliphatic heterocycles. The Hall–Kier alpha value is -3.72. The van der Waals surface area contributed by atoms with Crippen molar-refractivity contribution in [3.63, 3.8) is 0 Å². The topological polar surface area (TPSA) is 112 Å². The van der Waals surface area contributed by atoms with Gasteiger partial charge in [0.15, 0.2) is 11.6 Å². The summed E-state index contributed by atoms with van der Waals surface area (Å²) in [5.74, 6) is 0.379. The molecule has 2 aromatic heterocycles. The number of H-pyrrole nitrogens is 1. The number of aromatic amines is 1. The van der Waals surface area contributed by atoms with Gasteiger partial charge in [-0.3, -0.25) is 4.79 Å². The van der Waals surface area contributed by atoms with E-state index in [1.807, 2.05) is 25.1 Å². The van der Waals surface area contributed by atoms with Gasteiger partial charge >= 0.3 is 0 Å². The van der Waals surface area contributed by atoms with Crippen LogP contribution in [0.3, 0.4) is 0 Å². The molecule has 35 heavy (non-hydrogen) atoms. The monoisotopic (exact) mass is 482 g/mol. The third-order valence-corrected chi connectivity index (χ3v) is 5.20. The minimum absolute atomic E-state index is 0.105. The number of aryl methyl sites for hydroxylation is 1. The van der Waals surface area contributed by atoms with Crippen LogP contribution < -0.4 is 15.2 Å². The number of halogens is 1. The first-order valence-electron chi connectivity index (χ1n) is 11.4. The fourth-order valence-electron chi connectivity index (χ4n) is 3.60. The molecule has 0 saturated carbocycles. The SMILES string of the molecule is COC.Cc1cc2c(F)c(Oc3ncnc4cc(OCCCCCCC(N)=O)ccc34)ccc2[nH]1. The van der Waals surface area contributed by atoms with E-state index in [1.165, 1.54) is 6.33 Å². The maximum atomic E-state index is 14.9. The molecule has 2 aromatic carbocycles. The van der Waals surface area contributed by atoms with Crippen molar-refractivity contribution in [1.29, 1.82) is 0 Å². The summed E-state index contributed by atoms with van der Waals surface area (Å²) in [4.78, 5) is 22.3. The van der Waals surface area contributed by atoms with Crippen LogP contribution in [0.1, 0.15) is 37.8 Å². The number of nitrogens with two attached hydrogens (primary N) is 1. The molecule has 3 N–H and O–H groups in total. The molecule has 0 bridgehead atoms. The number of unbranched alkanes of at least 4 members (excludes halogenated alkanes) is 3. The van der Waals surface area contributed by atoms with E-state index in [9.17, 15) is 9.18 Å². The number of fused-ring (bicyclic) bond motifs is 2. The molecule has 186 valence electrons. The Morgan fingerprint density at radius 2 is 1.80 bits per heavy atom. The van der Waals surface area contributed by atoms with Crippen LogP contribution >= 0.6 is 0 Å². The predicted octanol–water partition coefficient (Wildman–Crippen LogP) is 5.43. The van der Waals surface area contributed by atoms with Gasteiger partial charge in [-0.25, -0.2) is 14.4 Å². The Labute approximate surface area is 203 Å². The van der Waals surface area contributed by atoms with E-state index in [-0.39, 0.29) is 17.5 Å². The summed E-state index contributed by atoms with van der Waals surface area (Å²) in [6.45, 7) is 2.44. The van der Waals surface area contributed by atoms with Crippen molar-refractivity contribution >= 4 is 27.7 Å². The van der Waals surface area contributed by atoms with Crippen molar-refractivity contribution in [2.24, 2.45) is 5.73 Å². The second-order valence-electron chi connectivity index (χ2n) is 8.14. The number of carbonyl (C=O) groups excluding carboxylic acids is 1. The Morgan fingerprint density at radius 1 is 1.03 bits per heavy atom. The van der Waals surface area contributed by atoms with Crippen molar-refractivity contribution in [2.45, 2.75) is 39.0 Å². The number of amides is 1. The number of hydrogen-bond acceptors (Lipinski definition) is 6. The molecule has 9 heteroatoms. The molecular formula is C26H31FN4O4. The lowest BCUT2D eigenvalue weighted by Crippen LogP contribution is -2.09. The van der Waals surface area contributed by atoms with Crippen LogP contribution in [0.15, 0.2) is 42.7 Å². The number of methoxy groups -OCH3 is 1. The molecule has 8 nitrogen and oxygen atoms in total. The van der Waals surface area contributed by atoms with Crippen molar-refractivity contribution < 1.29 is 23.4 Å². The molecule has 4 aromatic rings. The minimum atomic E-state index is -0.436. The maximum Gasteiger partial charge on any atom is 0.230 e. The van der Waals surface area contributed by atoms with Gasteiger partial charge in [0.2, 0.25) is 11.8 Å². The quantitative estimate of drug-likeness (QED) is 0.292. The van der Waals surface area contributed by atoms with E-state index >= 15 is 0 Å². The molecular weight excluding hydrogens is 451 g/mol.